The zero-order valence-electron chi connectivity index (χ0n) is 24.1. The lowest BCUT2D eigenvalue weighted by atomic mass is 10.00. The van der Waals surface area contributed by atoms with Crippen molar-refractivity contribution in [3.05, 3.63) is 23.8 Å². The molecule has 2 atom stereocenters. The summed E-state index contributed by atoms with van der Waals surface area (Å²) in [5.74, 6) is -1.89. The molecular weight excluding hydrogens is 514 g/mol. The van der Waals surface area contributed by atoms with Crippen molar-refractivity contribution in [2.45, 2.75) is 111 Å². The summed E-state index contributed by atoms with van der Waals surface area (Å²) in [6.07, 6.45) is -3.67. The van der Waals surface area contributed by atoms with Crippen LogP contribution in [0, 0.1) is 0 Å². The van der Waals surface area contributed by atoms with E-state index in [1.165, 1.54) is 18.2 Å². The van der Waals surface area contributed by atoms with Gasteiger partial charge in [0.1, 0.15) is 5.60 Å². The van der Waals surface area contributed by atoms with Crippen LogP contribution in [0.3, 0.4) is 0 Å². The molecule has 12 nitrogen and oxygen atoms in total. The molecule has 0 aliphatic rings. The number of aliphatic carboxylic acids is 1. The Morgan fingerprint density at radius 1 is 0.846 bits per heavy atom. The molecule has 12 heteroatoms. The van der Waals surface area contributed by atoms with E-state index in [-0.39, 0.29) is 23.1 Å². The third-order valence-corrected chi connectivity index (χ3v) is 5.42. The number of benzene rings is 1. The third-order valence-electron chi connectivity index (χ3n) is 5.42. The van der Waals surface area contributed by atoms with Crippen LogP contribution in [0.5, 0.6) is 11.5 Å². The molecule has 0 saturated heterocycles. The quantitative estimate of drug-likeness (QED) is 0.135. The molecule has 220 valence electrons. The fourth-order valence-corrected chi connectivity index (χ4v) is 2.99. The van der Waals surface area contributed by atoms with Gasteiger partial charge in [-0.3, -0.25) is 5.32 Å². The normalized spacial score (nSPS) is 13.7. The highest BCUT2D eigenvalue weighted by Crippen LogP contribution is 2.32. The zero-order chi connectivity index (χ0) is 30.0. The van der Waals surface area contributed by atoms with Crippen molar-refractivity contribution in [3.8, 4) is 11.5 Å². The second kappa shape index (κ2) is 14.6. The second-order valence-electron chi connectivity index (χ2n) is 10.1. The standard InChI is InChI=1S/C27H41NO11/c1-10-18(7)28-27(22(29)30,39-25(33)38-26(8,9)11-2)15-19-12-13-20(36-23(31)34-16(3)4)21(14-19)37-24(32)35-17(5)6/h12-14,16-18,28H,10-11,15H2,1-9H3,(H,29,30)/t18?,27-/m0/s1. The molecule has 0 heterocycles. The molecule has 0 fully saturated rings. The monoisotopic (exact) mass is 555 g/mol. The number of carboxylic acid groups (broad SMARTS) is 1. The van der Waals surface area contributed by atoms with E-state index in [2.05, 4.69) is 5.32 Å². The number of nitrogens with one attached hydrogen (secondary N) is 1. The van der Waals surface area contributed by atoms with Gasteiger partial charge in [0.2, 0.25) is 0 Å². The maximum absolute atomic E-state index is 12.7. The number of hydrogen-bond donors (Lipinski definition) is 2. The number of carbonyl (C=O) groups excluding carboxylic acids is 3. The van der Waals surface area contributed by atoms with Crippen LogP contribution in [0.15, 0.2) is 18.2 Å². The molecule has 1 rings (SSSR count). The predicted molar refractivity (Wildman–Crippen MR) is 140 cm³/mol. The Hall–Kier alpha value is -3.54. The third kappa shape index (κ3) is 11.4. The summed E-state index contributed by atoms with van der Waals surface area (Å²) in [7, 11) is 0. The number of rotatable bonds is 13. The van der Waals surface area contributed by atoms with Crippen molar-refractivity contribution in [1.82, 2.24) is 5.32 Å². The molecule has 0 aliphatic carbocycles. The van der Waals surface area contributed by atoms with E-state index >= 15 is 0 Å². The summed E-state index contributed by atoms with van der Waals surface area (Å²) < 4.78 is 31.2. The maximum Gasteiger partial charge on any atom is 0.514 e. The van der Waals surface area contributed by atoms with Crippen LogP contribution < -0.4 is 14.8 Å². The van der Waals surface area contributed by atoms with Gasteiger partial charge in [0.25, 0.3) is 5.72 Å². The van der Waals surface area contributed by atoms with Crippen LogP contribution in [0.25, 0.3) is 0 Å². The molecule has 0 bridgehead atoms. The highest BCUT2D eigenvalue weighted by atomic mass is 16.8. The van der Waals surface area contributed by atoms with Gasteiger partial charge in [0.15, 0.2) is 11.5 Å². The summed E-state index contributed by atoms with van der Waals surface area (Å²) in [4.78, 5) is 49.5. The highest BCUT2D eigenvalue weighted by Gasteiger charge is 2.45. The molecule has 1 aromatic carbocycles. The van der Waals surface area contributed by atoms with Crippen LogP contribution in [0.4, 0.5) is 14.4 Å². The Balaban J connectivity index is 3.48. The van der Waals surface area contributed by atoms with Gasteiger partial charge in [-0.1, -0.05) is 19.9 Å². The highest BCUT2D eigenvalue weighted by molar-refractivity contribution is 5.80. The zero-order valence-corrected chi connectivity index (χ0v) is 24.1. The van der Waals surface area contributed by atoms with Crippen molar-refractivity contribution in [1.29, 1.82) is 0 Å². The number of ether oxygens (including phenoxy) is 6. The first-order valence-corrected chi connectivity index (χ1v) is 12.8. The van der Waals surface area contributed by atoms with E-state index in [1.54, 1.807) is 48.5 Å². The van der Waals surface area contributed by atoms with Crippen LogP contribution in [0.1, 0.15) is 80.7 Å². The van der Waals surface area contributed by atoms with E-state index in [4.69, 9.17) is 28.4 Å². The van der Waals surface area contributed by atoms with E-state index in [0.29, 0.717) is 12.8 Å². The van der Waals surface area contributed by atoms with Crippen molar-refractivity contribution in [3.63, 3.8) is 0 Å². The Kier molecular flexibility index (Phi) is 12.5. The average Bonchev–Trinajstić information content (AvgIpc) is 2.78. The summed E-state index contributed by atoms with van der Waals surface area (Å²) in [5.41, 5.74) is -2.88. The topological polar surface area (TPSA) is 156 Å². The van der Waals surface area contributed by atoms with Crippen molar-refractivity contribution < 1.29 is 52.7 Å². The van der Waals surface area contributed by atoms with Crippen LogP contribution in [0.2, 0.25) is 0 Å². The van der Waals surface area contributed by atoms with Gasteiger partial charge in [-0.25, -0.2) is 19.2 Å². The van der Waals surface area contributed by atoms with Gasteiger partial charge in [-0.15, -0.1) is 0 Å². The minimum Gasteiger partial charge on any atom is -0.477 e. The van der Waals surface area contributed by atoms with Crippen LogP contribution in [-0.2, 0) is 30.2 Å². The van der Waals surface area contributed by atoms with Crippen LogP contribution >= 0.6 is 0 Å². The van der Waals surface area contributed by atoms with Crippen LogP contribution in [-0.4, -0.2) is 59.1 Å². The molecule has 0 radical (unpaired) electrons. The second-order valence-corrected chi connectivity index (χ2v) is 10.1. The van der Waals surface area contributed by atoms with Crippen molar-refractivity contribution in [2.24, 2.45) is 0 Å². The Labute approximate surface area is 229 Å². The van der Waals surface area contributed by atoms with Gasteiger partial charge in [0, 0.05) is 12.5 Å². The first-order chi connectivity index (χ1) is 18.0. The van der Waals surface area contributed by atoms with Crippen molar-refractivity contribution >= 4 is 24.4 Å². The maximum atomic E-state index is 12.7. The van der Waals surface area contributed by atoms with Crippen molar-refractivity contribution in [2.75, 3.05) is 0 Å². The molecule has 0 aliphatic heterocycles. The first-order valence-electron chi connectivity index (χ1n) is 12.8. The molecule has 0 aromatic heterocycles. The first kappa shape index (κ1) is 33.5. The fraction of sp³-hybridized carbons (Fsp3) is 0.630. The van der Waals surface area contributed by atoms with Gasteiger partial charge in [0.05, 0.1) is 12.2 Å². The fourth-order valence-electron chi connectivity index (χ4n) is 2.99. The lowest BCUT2D eigenvalue weighted by Gasteiger charge is -2.34. The smallest absolute Gasteiger partial charge is 0.477 e. The largest absolute Gasteiger partial charge is 0.514 e. The number of hydrogen-bond acceptors (Lipinski definition) is 11. The molecule has 39 heavy (non-hydrogen) atoms. The molecule has 1 unspecified atom stereocenters. The van der Waals surface area contributed by atoms with E-state index < -0.39 is 54.4 Å². The molecule has 0 spiro atoms. The lowest BCUT2D eigenvalue weighted by molar-refractivity contribution is -0.169. The molecule has 0 saturated carbocycles. The number of carboxylic acids is 1. The molecule has 1 aromatic rings. The predicted octanol–water partition coefficient (Wildman–Crippen LogP) is 5.59. The van der Waals surface area contributed by atoms with Gasteiger partial charge < -0.3 is 33.5 Å². The average molecular weight is 556 g/mol. The minimum atomic E-state index is -2.25. The molecule has 0 amide bonds. The Bertz CT molecular complexity index is 1010. The summed E-state index contributed by atoms with van der Waals surface area (Å²) in [6, 6.07) is 3.63. The number of carbonyl (C=O) groups is 4. The minimum absolute atomic E-state index is 0.175. The van der Waals surface area contributed by atoms with E-state index in [1.807, 2.05) is 13.8 Å². The summed E-state index contributed by atoms with van der Waals surface area (Å²) in [6.45, 7) is 15.2. The SMILES string of the molecule is CCC(C)N[C@@](Cc1ccc(OC(=O)OC(C)C)c(OC(=O)OC(C)C)c1)(OC(=O)OC(C)(C)CC)C(=O)O. The molecule has 2 N–H and O–H groups in total. The Morgan fingerprint density at radius 2 is 1.38 bits per heavy atom. The van der Waals surface area contributed by atoms with Gasteiger partial charge in [-0.2, -0.15) is 0 Å². The van der Waals surface area contributed by atoms with E-state index in [9.17, 15) is 24.3 Å². The molecular formula is C27H41NO11. The summed E-state index contributed by atoms with van der Waals surface area (Å²) in [5, 5.41) is 13.1. The van der Waals surface area contributed by atoms with E-state index in [0.717, 1.165) is 0 Å². The Morgan fingerprint density at radius 3 is 1.85 bits per heavy atom. The van der Waals surface area contributed by atoms with Gasteiger partial charge in [-0.05, 0) is 79.0 Å². The summed E-state index contributed by atoms with van der Waals surface area (Å²) >= 11 is 0. The van der Waals surface area contributed by atoms with Gasteiger partial charge >= 0.3 is 24.4 Å². The lowest BCUT2D eigenvalue weighted by Crippen LogP contribution is -2.60.